The molecule has 0 saturated heterocycles. The Morgan fingerprint density at radius 3 is 2.65 bits per heavy atom. The van der Waals surface area contributed by atoms with Crippen molar-refractivity contribution in [2.45, 2.75) is 52.0 Å². The van der Waals surface area contributed by atoms with Gasteiger partial charge in [-0.3, -0.25) is 9.36 Å². The first-order valence-corrected chi connectivity index (χ1v) is 10.5. The Bertz CT molecular complexity index is 1240. The van der Waals surface area contributed by atoms with E-state index in [2.05, 4.69) is 18.8 Å². The molecule has 0 spiro atoms. The van der Waals surface area contributed by atoms with E-state index in [1.807, 2.05) is 0 Å². The van der Waals surface area contributed by atoms with Crippen LogP contribution in [0, 0.1) is 28.4 Å². The first-order valence-electron chi connectivity index (χ1n) is 10.5. The Morgan fingerprint density at radius 2 is 1.97 bits per heavy atom. The number of halogens is 2. The Labute approximate surface area is 178 Å². The van der Waals surface area contributed by atoms with Crippen LogP contribution < -0.4 is 10.3 Å². The minimum absolute atomic E-state index is 0.103. The van der Waals surface area contributed by atoms with Crippen molar-refractivity contribution in [2.24, 2.45) is 5.41 Å². The van der Waals surface area contributed by atoms with Crippen molar-refractivity contribution in [3.8, 4) is 17.6 Å². The summed E-state index contributed by atoms with van der Waals surface area (Å²) >= 11 is 0. The lowest BCUT2D eigenvalue weighted by Crippen LogP contribution is -2.41. The van der Waals surface area contributed by atoms with Gasteiger partial charge in [0.25, 0.3) is 5.56 Å². The number of fused-ring (bicyclic) bond motifs is 1. The molecule has 4 rings (SSSR count). The van der Waals surface area contributed by atoms with Crippen molar-refractivity contribution in [3.63, 3.8) is 0 Å². The zero-order valence-corrected chi connectivity index (χ0v) is 17.5. The van der Waals surface area contributed by atoms with Crippen LogP contribution in [0.4, 0.5) is 8.78 Å². The minimum Gasteiger partial charge on any atom is -0.453 e. The Hall–Kier alpha value is -3.27. The molecule has 1 aromatic heterocycles. The van der Waals surface area contributed by atoms with Crippen molar-refractivity contribution >= 4 is 10.9 Å². The molecule has 2 aromatic carbocycles. The second kappa shape index (κ2) is 8.10. The second-order valence-electron chi connectivity index (χ2n) is 8.25. The Kier molecular flexibility index (Phi) is 5.48. The number of hydrogen-bond acceptors (Lipinski definition) is 4. The number of nitrogens with zero attached hydrogens (tertiary/aromatic N) is 3. The molecular formula is C24H23F2N3O2. The molecule has 1 heterocycles. The topological polar surface area (TPSA) is 67.9 Å². The van der Waals surface area contributed by atoms with Gasteiger partial charge in [0.15, 0.2) is 11.6 Å². The molecule has 5 nitrogen and oxygen atoms in total. The maximum Gasteiger partial charge on any atom is 0.261 e. The highest BCUT2D eigenvalue weighted by Gasteiger charge is 2.43. The fourth-order valence-electron chi connectivity index (χ4n) is 4.63. The zero-order valence-electron chi connectivity index (χ0n) is 17.5. The van der Waals surface area contributed by atoms with E-state index < -0.39 is 22.9 Å². The summed E-state index contributed by atoms with van der Waals surface area (Å²) in [5, 5.41) is 9.48. The molecule has 0 aliphatic heterocycles. The Morgan fingerprint density at radius 1 is 1.23 bits per heavy atom. The summed E-state index contributed by atoms with van der Waals surface area (Å²) in [4.78, 5) is 17.5. The van der Waals surface area contributed by atoms with Gasteiger partial charge in [0.1, 0.15) is 23.2 Å². The van der Waals surface area contributed by atoms with Gasteiger partial charge in [0.05, 0.1) is 17.2 Å². The quantitative estimate of drug-likeness (QED) is 0.497. The van der Waals surface area contributed by atoms with Gasteiger partial charge < -0.3 is 4.74 Å². The fourth-order valence-corrected chi connectivity index (χ4v) is 4.63. The summed E-state index contributed by atoms with van der Waals surface area (Å²) in [6, 6.07) is 8.06. The van der Waals surface area contributed by atoms with E-state index in [4.69, 9.17) is 10.00 Å². The van der Waals surface area contributed by atoms with Crippen LogP contribution in [0.1, 0.15) is 57.6 Å². The molecule has 160 valence electrons. The van der Waals surface area contributed by atoms with Crippen LogP contribution in [0.2, 0.25) is 0 Å². The van der Waals surface area contributed by atoms with Gasteiger partial charge >= 0.3 is 0 Å². The molecule has 1 saturated carbocycles. The number of aromatic nitrogens is 2. The first kappa shape index (κ1) is 21.0. The van der Waals surface area contributed by atoms with Gasteiger partial charge in [-0.2, -0.15) is 5.26 Å². The molecular weight excluding hydrogens is 400 g/mol. The molecule has 3 aromatic rings. The molecule has 0 radical (unpaired) electrons. The van der Waals surface area contributed by atoms with Crippen LogP contribution in [-0.4, -0.2) is 9.55 Å². The SMILES string of the molecule is CCCC1(CC)CC(n2cnc3ccc(Oc4c(F)ccc(F)c4C#N)cc3c2=O)C1. The number of hydrogen-bond donors (Lipinski definition) is 0. The number of nitriles is 1. The fraction of sp³-hybridized carbons (Fsp3) is 0.375. The minimum atomic E-state index is -0.875. The summed E-state index contributed by atoms with van der Waals surface area (Å²) in [5.41, 5.74) is 0.0665. The summed E-state index contributed by atoms with van der Waals surface area (Å²) in [6.07, 6.45) is 6.83. The number of ether oxygens (including phenoxy) is 1. The molecule has 0 unspecified atom stereocenters. The number of benzene rings is 2. The average Bonchev–Trinajstić information content (AvgIpc) is 2.74. The monoisotopic (exact) mass is 423 g/mol. The van der Waals surface area contributed by atoms with Crippen molar-refractivity contribution < 1.29 is 13.5 Å². The first-order chi connectivity index (χ1) is 14.9. The van der Waals surface area contributed by atoms with Crippen LogP contribution in [0.15, 0.2) is 41.5 Å². The standard InChI is InChI=1S/C24H23F2N3O2/c1-3-9-24(4-2)11-15(12-24)29-14-28-21-8-5-16(10-17(21)23(29)30)31-22-18(13-27)19(25)6-7-20(22)26/h5-8,10,14-15H,3-4,9,11-12H2,1-2H3. The smallest absolute Gasteiger partial charge is 0.261 e. The maximum atomic E-state index is 14.2. The average molecular weight is 423 g/mol. The molecule has 7 heteroatoms. The molecule has 31 heavy (non-hydrogen) atoms. The summed E-state index contributed by atoms with van der Waals surface area (Å²) in [5.74, 6) is -2.10. The van der Waals surface area contributed by atoms with Crippen molar-refractivity contribution in [1.29, 1.82) is 5.26 Å². The van der Waals surface area contributed by atoms with Gasteiger partial charge in [0.2, 0.25) is 0 Å². The molecule has 0 bridgehead atoms. The van der Waals surface area contributed by atoms with Gasteiger partial charge in [-0.25, -0.2) is 13.8 Å². The zero-order chi connectivity index (χ0) is 22.2. The van der Waals surface area contributed by atoms with E-state index in [1.165, 1.54) is 12.1 Å². The predicted molar refractivity (Wildman–Crippen MR) is 113 cm³/mol. The molecule has 1 aliphatic carbocycles. The van der Waals surface area contributed by atoms with E-state index in [9.17, 15) is 13.6 Å². The molecule has 1 fully saturated rings. The van der Waals surface area contributed by atoms with Crippen molar-refractivity contribution in [2.75, 3.05) is 0 Å². The van der Waals surface area contributed by atoms with E-state index in [0.29, 0.717) is 16.3 Å². The lowest BCUT2D eigenvalue weighted by Gasteiger charge is -2.48. The van der Waals surface area contributed by atoms with E-state index in [-0.39, 0.29) is 17.4 Å². The third kappa shape index (κ3) is 3.67. The highest BCUT2D eigenvalue weighted by molar-refractivity contribution is 5.79. The van der Waals surface area contributed by atoms with Gasteiger partial charge in [0, 0.05) is 6.04 Å². The summed E-state index contributed by atoms with van der Waals surface area (Å²) < 4.78 is 35.2. The third-order valence-electron chi connectivity index (χ3n) is 6.41. The third-order valence-corrected chi connectivity index (χ3v) is 6.41. The summed E-state index contributed by atoms with van der Waals surface area (Å²) in [7, 11) is 0. The Balaban J connectivity index is 1.68. The van der Waals surface area contributed by atoms with Crippen LogP contribution in [0.5, 0.6) is 11.5 Å². The normalized spacial score (nSPS) is 20.3. The highest BCUT2D eigenvalue weighted by Crippen LogP contribution is 2.53. The van der Waals surface area contributed by atoms with E-state index >= 15 is 0 Å². The van der Waals surface area contributed by atoms with Crippen LogP contribution in [-0.2, 0) is 0 Å². The van der Waals surface area contributed by atoms with Gasteiger partial charge in [-0.1, -0.05) is 26.7 Å². The van der Waals surface area contributed by atoms with Crippen LogP contribution >= 0.6 is 0 Å². The lowest BCUT2D eigenvalue weighted by molar-refractivity contribution is 0.0447. The summed E-state index contributed by atoms with van der Waals surface area (Å²) in [6.45, 7) is 4.37. The van der Waals surface area contributed by atoms with E-state index in [1.54, 1.807) is 23.0 Å². The molecule has 0 amide bonds. The second-order valence-corrected chi connectivity index (χ2v) is 8.25. The molecule has 0 atom stereocenters. The predicted octanol–water partition coefficient (Wildman–Crippen LogP) is 5.87. The van der Waals surface area contributed by atoms with E-state index in [0.717, 1.165) is 44.2 Å². The largest absolute Gasteiger partial charge is 0.453 e. The van der Waals surface area contributed by atoms with Crippen molar-refractivity contribution in [3.05, 3.63) is 64.2 Å². The maximum absolute atomic E-state index is 14.2. The van der Waals surface area contributed by atoms with Gasteiger partial charge in [-0.15, -0.1) is 0 Å². The molecule has 1 aliphatic rings. The van der Waals surface area contributed by atoms with Gasteiger partial charge in [-0.05, 0) is 55.0 Å². The van der Waals surface area contributed by atoms with Crippen LogP contribution in [0.3, 0.4) is 0 Å². The van der Waals surface area contributed by atoms with Crippen LogP contribution in [0.25, 0.3) is 10.9 Å². The highest BCUT2D eigenvalue weighted by atomic mass is 19.1. The van der Waals surface area contributed by atoms with Crippen molar-refractivity contribution in [1.82, 2.24) is 9.55 Å². The lowest BCUT2D eigenvalue weighted by atomic mass is 9.61. The number of rotatable bonds is 6. The molecule has 0 N–H and O–H groups in total.